The van der Waals surface area contributed by atoms with E-state index in [-0.39, 0.29) is 19.3 Å². The smallest absolute Gasteiger partial charge is 0.391 e. The van der Waals surface area contributed by atoms with Crippen LogP contribution in [0.5, 0.6) is 0 Å². The van der Waals surface area contributed by atoms with E-state index in [9.17, 15) is 75.8 Å². The lowest BCUT2D eigenvalue weighted by atomic mass is 9.89. The fraction of sp³-hybridized carbons (Fsp3) is 0.929. The van der Waals surface area contributed by atoms with Crippen LogP contribution < -0.4 is 5.32 Å². The minimum Gasteiger partial charge on any atom is -0.391 e. The van der Waals surface area contributed by atoms with Gasteiger partial charge in [0.15, 0.2) is 0 Å². The standard InChI is InChI=1S/C14H12F15NO2/c15-8(16,7(32)30-5-3-1-2-4-6(5)31)9(17,18)10(19,20)11(21,22)12(23,24)13(25,26)14(27,28)29/h5-6,31H,1-4H2,(H,30,32)/t5-,6-/m0/s1. The minimum atomic E-state index is -8.45. The zero-order chi connectivity index (χ0) is 25.8. The van der Waals surface area contributed by atoms with Gasteiger partial charge in [-0.3, -0.25) is 4.79 Å². The van der Waals surface area contributed by atoms with Crippen molar-refractivity contribution in [3.05, 3.63) is 0 Å². The van der Waals surface area contributed by atoms with Gasteiger partial charge in [0.05, 0.1) is 12.1 Å². The summed E-state index contributed by atoms with van der Waals surface area (Å²) in [5.41, 5.74) is 0. The van der Waals surface area contributed by atoms with Gasteiger partial charge in [-0.15, -0.1) is 0 Å². The average molecular weight is 511 g/mol. The van der Waals surface area contributed by atoms with Crippen molar-refractivity contribution in [3.63, 3.8) is 0 Å². The Morgan fingerprint density at radius 2 is 1.00 bits per heavy atom. The molecular formula is C14H12F15NO2. The van der Waals surface area contributed by atoms with Crippen LogP contribution in [-0.4, -0.2) is 64.9 Å². The molecule has 3 nitrogen and oxygen atoms in total. The van der Waals surface area contributed by atoms with E-state index in [1.807, 2.05) is 0 Å². The molecule has 0 bridgehead atoms. The fourth-order valence-corrected chi connectivity index (χ4v) is 2.65. The van der Waals surface area contributed by atoms with Crippen LogP contribution in [0, 0.1) is 0 Å². The second kappa shape index (κ2) is 8.00. The summed E-state index contributed by atoms with van der Waals surface area (Å²) in [5.74, 6) is -51.6. The van der Waals surface area contributed by atoms with Gasteiger partial charge >= 0.3 is 41.7 Å². The first-order valence-corrected chi connectivity index (χ1v) is 8.24. The SMILES string of the molecule is O=C(N[C@H]1CCCC[C@@H]1O)C(F)(F)C(F)(F)C(F)(F)C(F)(F)C(F)(F)C(F)(F)C(F)(F)F. The van der Waals surface area contributed by atoms with E-state index in [2.05, 4.69) is 0 Å². The zero-order valence-electron chi connectivity index (χ0n) is 15.0. The maximum Gasteiger partial charge on any atom is 0.460 e. The molecule has 1 rings (SSSR count). The molecule has 0 aromatic rings. The van der Waals surface area contributed by atoms with Crippen molar-refractivity contribution >= 4 is 5.91 Å². The normalized spacial score (nSPS) is 22.6. The molecule has 1 aliphatic carbocycles. The van der Waals surface area contributed by atoms with Crippen molar-refractivity contribution in [2.45, 2.75) is 79.5 Å². The van der Waals surface area contributed by atoms with Gasteiger partial charge in [0.25, 0.3) is 5.91 Å². The number of aliphatic hydroxyl groups is 1. The maximum atomic E-state index is 13.7. The number of carbonyl (C=O) groups is 1. The average Bonchev–Trinajstić information content (AvgIpc) is 2.61. The summed E-state index contributed by atoms with van der Waals surface area (Å²) >= 11 is 0. The van der Waals surface area contributed by atoms with Gasteiger partial charge in [-0.2, -0.15) is 65.9 Å². The lowest BCUT2D eigenvalue weighted by Gasteiger charge is -2.41. The van der Waals surface area contributed by atoms with E-state index in [4.69, 9.17) is 0 Å². The van der Waals surface area contributed by atoms with Crippen LogP contribution in [0.2, 0.25) is 0 Å². The molecule has 1 amide bonds. The molecule has 0 spiro atoms. The Morgan fingerprint density at radius 3 is 1.41 bits per heavy atom. The van der Waals surface area contributed by atoms with Crippen molar-refractivity contribution < 1.29 is 75.8 Å². The summed E-state index contributed by atoms with van der Waals surface area (Å²) in [4.78, 5) is 11.4. The highest BCUT2D eigenvalue weighted by Crippen LogP contribution is 2.62. The molecule has 32 heavy (non-hydrogen) atoms. The Labute approximate surface area is 167 Å². The second-order valence-electron chi connectivity index (χ2n) is 6.88. The predicted molar refractivity (Wildman–Crippen MR) is 72.1 cm³/mol. The third-order valence-corrected chi connectivity index (χ3v) is 4.66. The highest BCUT2D eigenvalue weighted by atomic mass is 19.4. The Morgan fingerprint density at radius 1 is 0.625 bits per heavy atom. The second-order valence-corrected chi connectivity index (χ2v) is 6.88. The molecule has 2 N–H and O–H groups in total. The lowest BCUT2D eigenvalue weighted by Crippen LogP contribution is -2.74. The lowest BCUT2D eigenvalue weighted by molar-refractivity contribution is -0.449. The van der Waals surface area contributed by atoms with Crippen molar-refractivity contribution in [1.29, 1.82) is 0 Å². The van der Waals surface area contributed by atoms with Crippen LogP contribution in [0.1, 0.15) is 25.7 Å². The Bertz CT molecular complexity index is 703. The van der Waals surface area contributed by atoms with E-state index in [0.29, 0.717) is 0 Å². The molecule has 1 saturated carbocycles. The van der Waals surface area contributed by atoms with Gasteiger partial charge in [-0.05, 0) is 12.8 Å². The van der Waals surface area contributed by atoms with Crippen LogP contribution in [-0.2, 0) is 4.79 Å². The van der Waals surface area contributed by atoms with Gasteiger partial charge in [0, 0.05) is 0 Å². The number of alkyl halides is 15. The van der Waals surface area contributed by atoms with Crippen LogP contribution in [0.15, 0.2) is 0 Å². The molecule has 0 unspecified atom stereocenters. The van der Waals surface area contributed by atoms with Crippen molar-refractivity contribution in [3.8, 4) is 0 Å². The molecule has 1 aliphatic rings. The number of amides is 1. The number of rotatable bonds is 7. The molecule has 18 heteroatoms. The van der Waals surface area contributed by atoms with E-state index in [1.54, 1.807) is 0 Å². The highest BCUT2D eigenvalue weighted by Gasteiger charge is 2.94. The van der Waals surface area contributed by atoms with Gasteiger partial charge < -0.3 is 10.4 Å². The monoisotopic (exact) mass is 511 g/mol. The molecule has 2 atom stereocenters. The fourth-order valence-electron chi connectivity index (χ4n) is 2.65. The molecule has 0 radical (unpaired) electrons. The summed E-state index contributed by atoms with van der Waals surface area (Å²) in [6.45, 7) is 0. The number of nitrogens with one attached hydrogen (secondary N) is 1. The van der Waals surface area contributed by atoms with Crippen LogP contribution >= 0.6 is 0 Å². The third-order valence-electron chi connectivity index (χ3n) is 4.66. The van der Waals surface area contributed by atoms with Crippen molar-refractivity contribution in [1.82, 2.24) is 5.32 Å². The number of halogens is 15. The topological polar surface area (TPSA) is 49.3 Å². The molecule has 0 aliphatic heterocycles. The molecule has 1 fully saturated rings. The zero-order valence-corrected chi connectivity index (χ0v) is 15.0. The van der Waals surface area contributed by atoms with Crippen molar-refractivity contribution in [2.24, 2.45) is 0 Å². The summed E-state index contributed by atoms with van der Waals surface area (Å²) in [6.07, 6.45) is -9.66. The Hall–Kier alpha value is -1.62. The number of carbonyl (C=O) groups excluding carboxylic acids is 1. The summed E-state index contributed by atoms with van der Waals surface area (Å²) in [6, 6.07) is -1.79. The highest BCUT2D eigenvalue weighted by molar-refractivity contribution is 5.85. The first-order chi connectivity index (χ1) is 13.9. The van der Waals surface area contributed by atoms with Crippen LogP contribution in [0.4, 0.5) is 65.9 Å². The Kier molecular flexibility index (Phi) is 7.10. The number of hydrogen-bond acceptors (Lipinski definition) is 2. The predicted octanol–water partition coefficient (Wildman–Crippen LogP) is 4.78. The first-order valence-electron chi connectivity index (χ1n) is 8.24. The van der Waals surface area contributed by atoms with Gasteiger partial charge in [-0.1, -0.05) is 12.8 Å². The van der Waals surface area contributed by atoms with Gasteiger partial charge in [-0.25, -0.2) is 0 Å². The van der Waals surface area contributed by atoms with E-state index in [0.717, 1.165) is 5.32 Å². The minimum absolute atomic E-state index is 0.0803. The number of aliphatic hydroxyl groups excluding tert-OH is 1. The van der Waals surface area contributed by atoms with Gasteiger partial charge in [0.2, 0.25) is 0 Å². The summed E-state index contributed by atoms with van der Waals surface area (Å²) in [5, 5.41) is 10.4. The summed E-state index contributed by atoms with van der Waals surface area (Å²) < 4.78 is 196. The maximum absolute atomic E-state index is 13.7. The quantitative estimate of drug-likeness (QED) is 0.484. The molecule has 0 aromatic carbocycles. The molecule has 0 aromatic heterocycles. The molecule has 0 heterocycles. The van der Waals surface area contributed by atoms with E-state index in [1.165, 1.54) is 0 Å². The molecule has 0 saturated heterocycles. The number of hydrogen-bond donors (Lipinski definition) is 2. The molecule has 190 valence electrons. The van der Waals surface area contributed by atoms with Crippen LogP contribution in [0.3, 0.4) is 0 Å². The Balaban J connectivity index is 3.40. The largest absolute Gasteiger partial charge is 0.460 e. The van der Waals surface area contributed by atoms with Gasteiger partial charge in [0.1, 0.15) is 0 Å². The molecular weight excluding hydrogens is 499 g/mol. The van der Waals surface area contributed by atoms with E-state index < -0.39 is 66.2 Å². The van der Waals surface area contributed by atoms with E-state index >= 15 is 0 Å². The summed E-state index contributed by atoms with van der Waals surface area (Å²) in [7, 11) is 0. The van der Waals surface area contributed by atoms with Crippen molar-refractivity contribution in [2.75, 3.05) is 0 Å². The first kappa shape index (κ1) is 28.4. The third kappa shape index (κ3) is 3.95. The van der Waals surface area contributed by atoms with Crippen LogP contribution in [0.25, 0.3) is 0 Å².